The van der Waals surface area contributed by atoms with E-state index >= 15 is 0 Å². The third-order valence-corrected chi connectivity index (χ3v) is 7.12. The highest BCUT2D eigenvalue weighted by molar-refractivity contribution is 5.88. The van der Waals surface area contributed by atoms with E-state index in [2.05, 4.69) is 51.6 Å². The van der Waals surface area contributed by atoms with Gasteiger partial charge < -0.3 is 15.5 Å². The standard InChI is InChI=1S/C23H36N4O/c1-2-26-13-15-27(16-14-26)23(17-19-7-3-4-8-20(19)18-23)22(28)25-12-10-21-9-5-6-11-24-21/h3-4,7-8,21,24H,2,5-6,9-18H2,1H3,(H,25,28)/t21-/m1/s1. The molecule has 2 heterocycles. The van der Waals surface area contributed by atoms with Crippen LogP contribution in [0.3, 0.4) is 0 Å². The van der Waals surface area contributed by atoms with Gasteiger partial charge in [-0.05, 0) is 43.5 Å². The van der Waals surface area contributed by atoms with E-state index < -0.39 is 5.54 Å². The maximum absolute atomic E-state index is 13.5. The molecule has 0 aromatic heterocycles. The molecule has 154 valence electrons. The minimum atomic E-state index is -0.399. The van der Waals surface area contributed by atoms with Gasteiger partial charge in [-0.15, -0.1) is 0 Å². The summed E-state index contributed by atoms with van der Waals surface area (Å²) < 4.78 is 0. The molecule has 2 fully saturated rings. The Kier molecular flexibility index (Phi) is 6.34. The third kappa shape index (κ3) is 4.12. The van der Waals surface area contributed by atoms with E-state index in [1.54, 1.807) is 0 Å². The van der Waals surface area contributed by atoms with Gasteiger partial charge in [-0.3, -0.25) is 9.69 Å². The van der Waals surface area contributed by atoms with E-state index in [0.29, 0.717) is 6.04 Å². The molecule has 5 nitrogen and oxygen atoms in total. The normalized spacial score (nSPS) is 25.4. The second kappa shape index (κ2) is 8.93. The summed E-state index contributed by atoms with van der Waals surface area (Å²) in [5, 5.41) is 6.93. The van der Waals surface area contributed by atoms with E-state index in [0.717, 1.165) is 65.1 Å². The van der Waals surface area contributed by atoms with Crippen molar-refractivity contribution < 1.29 is 4.79 Å². The van der Waals surface area contributed by atoms with Gasteiger partial charge in [0.25, 0.3) is 0 Å². The first-order chi connectivity index (χ1) is 13.7. The van der Waals surface area contributed by atoms with Crippen molar-refractivity contribution in [2.24, 2.45) is 0 Å². The third-order valence-electron chi connectivity index (χ3n) is 7.12. The predicted molar refractivity (Wildman–Crippen MR) is 114 cm³/mol. The zero-order valence-corrected chi connectivity index (χ0v) is 17.4. The Bertz CT molecular complexity index is 637. The van der Waals surface area contributed by atoms with Crippen molar-refractivity contribution in [3.8, 4) is 0 Å². The van der Waals surface area contributed by atoms with E-state index in [4.69, 9.17) is 0 Å². The number of hydrogen-bond donors (Lipinski definition) is 2. The molecule has 2 saturated heterocycles. The summed E-state index contributed by atoms with van der Waals surface area (Å²) in [6.45, 7) is 9.33. The molecule has 1 aliphatic carbocycles. The Hall–Kier alpha value is -1.43. The van der Waals surface area contributed by atoms with Crippen LogP contribution in [0.1, 0.15) is 43.7 Å². The first-order valence-corrected chi connectivity index (χ1v) is 11.3. The van der Waals surface area contributed by atoms with Crippen molar-refractivity contribution in [3.05, 3.63) is 35.4 Å². The van der Waals surface area contributed by atoms with Crippen LogP contribution in [0.5, 0.6) is 0 Å². The molecule has 0 unspecified atom stereocenters. The molecule has 0 radical (unpaired) electrons. The van der Waals surface area contributed by atoms with E-state index in [9.17, 15) is 4.79 Å². The molecule has 0 spiro atoms. The van der Waals surface area contributed by atoms with Crippen molar-refractivity contribution in [1.82, 2.24) is 20.4 Å². The molecular formula is C23H36N4O. The van der Waals surface area contributed by atoms with Crippen LogP contribution in [0.4, 0.5) is 0 Å². The molecule has 1 aromatic rings. The summed E-state index contributed by atoms with van der Waals surface area (Å²) in [6.07, 6.45) is 6.58. The minimum absolute atomic E-state index is 0.240. The average Bonchev–Trinajstić information content (AvgIpc) is 3.15. The fraction of sp³-hybridized carbons (Fsp3) is 0.696. The number of nitrogens with one attached hydrogen (secondary N) is 2. The largest absolute Gasteiger partial charge is 0.354 e. The summed E-state index contributed by atoms with van der Waals surface area (Å²) in [5.74, 6) is 0.240. The first-order valence-electron chi connectivity index (χ1n) is 11.3. The van der Waals surface area contributed by atoms with Crippen LogP contribution >= 0.6 is 0 Å². The number of nitrogens with zero attached hydrogens (tertiary/aromatic N) is 2. The molecular weight excluding hydrogens is 348 g/mol. The number of amides is 1. The van der Waals surface area contributed by atoms with Gasteiger partial charge in [-0.1, -0.05) is 37.6 Å². The van der Waals surface area contributed by atoms with Crippen molar-refractivity contribution in [2.75, 3.05) is 45.8 Å². The minimum Gasteiger partial charge on any atom is -0.354 e. The van der Waals surface area contributed by atoms with Gasteiger partial charge in [0, 0.05) is 51.6 Å². The van der Waals surface area contributed by atoms with Gasteiger partial charge in [0.15, 0.2) is 0 Å². The Morgan fingerprint density at radius 2 is 1.86 bits per heavy atom. The molecule has 1 amide bonds. The Morgan fingerprint density at radius 1 is 1.14 bits per heavy atom. The van der Waals surface area contributed by atoms with Crippen molar-refractivity contribution in [3.63, 3.8) is 0 Å². The van der Waals surface area contributed by atoms with Crippen LogP contribution in [-0.2, 0) is 17.6 Å². The fourth-order valence-corrected chi connectivity index (χ4v) is 5.31. The lowest BCUT2D eigenvalue weighted by atomic mass is 9.90. The van der Waals surface area contributed by atoms with Crippen LogP contribution < -0.4 is 10.6 Å². The van der Waals surface area contributed by atoms with Crippen LogP contribution in [0.15, 0.2) is 24.3 Å². The highest BCUT2D eigenvalue weighted by Crippen LogP contribution is 2.35. The van der Waals surface area contributed by atoms with Crippen LogP contribution in [0.2, 0.25) is 0 Å². The number of hydrogen-bond acceptors (Lipinski definition) is 4. The first kappa shape index (κ1) is 19.9. The molecule has 0 bridgehead atoms. The number of carbonyl (C=O) groups is 1. The molecule has 3 aliphatic rings. The van der Waals surface area contributed by atoms with Gasteiger partial charge in [0.05, 0.1) is 0 Å². The molecule has 1 aromatic carbocycles. The SMILES string of the molecule is CCN1CCN(C2(C(=O)NCC[C@H]3CCCCN3)Cc3ccccc3C2)CC1. The zero-order valence-electron chi connectivity index (χ0n) is 17.4. The summed E-state index contributed by atoms with van der Waals surface area (Å²) in [6, 6.07) is 9.20. The summed E-state index contributed by atoms with van der Waals surface area (Å²) in [7, 11) is 0. The molecule has 4 rings (SSSR count). The second-order valence-corrected chi connectivity index (χ2v) is 8.77. The monoisotopic (exact) mass is 384 g/mol. The van der Waals surface area contributed by atoms with Crippen LogP contribution in [-0.4, -0.2) is 73.1 Å². The molecule has 0 saturated carbocycles. The molecule has 28 heavy (non-hydrogen) atoms. The Balaban J connectivity index is 1.43. The van der Waals surface area contributed by atoms with Crippen molar-refractivity contribution in [1.29, 1.82) is 0 Å². The van der Waals surface area contributed by atoms with Gasteiger partial charge >= 0.3 is 0 Å². The van der Waals surface area contributed by atoms with Gasteiger partial charge in [0.1, 0.15) is 5.54 Å². The lowest BCUT2D eigenvalue weighted by molar-refractivity contribution is -0.134. The predicted octanol–water partition coefficient (Wildman–Crippen LogP) is 1.81. The quantitative estimate of drug-likeness (QED) is 0.785. The fourth-order valence-electron chi connectivity index (χ4n) is 5.31. The lowest BCUT2D eigenvalue weighted by Crippen LogP contribution is -2.64. The Morgan fingerprint density at radius 3 is 2.46 bits per heavy atom. The molecule has 1 atom stereocenters. The van der Waals surface area contributed by atoms with Crippen molar-refractivity contribution in [2.45, 2.75) is 57.0 Å². The number of likely N-dealkylation sites (N-methyl/N-ethyl adjacent to an activating group) is 1. The summed E-state index contributed by atoms with van der Waals surface area (Å²) >= 11 is 0. The topological polar surface area (TPSA) is 47.6 Å². The number of rotatable bonds is 6. The van der Waals surface area contributed by atoms with Crippen molar-refractivity contribution >= 4 is 5.91 Å². The molecule has 2 aliphatic heterocycles. The molecule has 5 heteroatoms. The van der Waals surface area contributed by atoms with Gasteiger partial charge in [-0.25, -0.2) is 0 Å². The number of piperidine rings is 1. The van der Waals surface area contributed by atoms with Gasteiger partial charge in [0.2, 0.25) is 5.91 Å². The Labute approximate surface area is 169 Å². The lowest BCUT2D eigenvalue weighted by Gasteiger charge is -2.44. The maximum Gasteiger partial charge on any atom is 0.241 e. The van der Waals surface area contributed by atoms with E-state index in [-0.39, 0.29) is 5.91 Å². The van der Waals surface area contributed by atoms with E-state index in [1.807, 2.05) is 0 Å². The zero-order chi connectivity index (χ0) is 19.4. The highest BCUT2D eigenvalue weighted by atomic mass is 16.2. The van der Waals surface area contributed by atoms with Gasteiger partial charge in [-0.2, -0.15) is 0 Å². The van der Waals surface area contributed by atoms with E-state index in [1.165, 1.54) is 30.4 Å². The number of fused-ring (bicyclic) bond motifs is 1. The number of carbonyl (C=O) groups excluding carboxylic acids is 1. The number of piperazine rings is 1. The summed E-state index contributed by atoms with van der Waals surface area (Å²) in [4.78, 5) is 18.5. The highest BCUT2D eigenvalue weighted by Gasteiger charge is 2.48. The maximum atomic E-state index is 13.5. The van der Waals surface area contributed by atoms with Crippen LogP contribution in [0.25, 0.3) is 0 Å². The van der Waals surface area contributed by atoms with Crippen LogP contribution in [0, 0.1) is 0 Å². The molecule has 2 N–H and O–H groups in total. The smallest absolute Gasteiger partial charge is 0.241 e. The summed E-state index contributed by atoms with van der Waals surface area (Å²) in [5.41, 5.74) is 2.30. The average molecular weight is 385 g/mol. The number of benzene rings is 1. The second-order valence-electron chi connectivity index (χ2n) is 8.77.